The van der Waals surface area contributed by atoms with Crippen molar-refractivity contribution in [2.75, 3.05) is 25.2 Å². The van der Waals surface area contributed by atoms with Crippen LogP contribution in [0.4, 0.5) is 5.69 Å². The van der Waals surface area contributed by atoms with E-state index < -0.39 is 0 Å². The molecule has 2 aliphatic rings. The van der Waals surface area contributed by atoms with Crippen molar-refractivity contribution >= 4 is 17.4 Å². The standard InChI is InChI=1S/C15H17NO3/c1-16-13-5-4-10(7-12(13)8-14(16)17)15(18)11-3-2-6-19-9-11/h4-5,7,11H,2-3,6,8-9H2,1H3. The molecule has 0 N–H and O–H groups in total. The molecule has 0 radical (unpaired) electrons. The SMILES string of the molecule is CN1C(=O)Cc2cc(C(=O)C3CCCOC3)ccc21. The van der Waals surface area contributed by atoms with Gasteiger partial charge in [-0.25, -0.2) is 0 Å². The lowest BCUT2D eigenvalue weighted by molar-refractivity contribution is -0.117. The van der Waals surface area contributed by atoms with E-state index in [0.717, 1.165) is 30.7 Å². The average molecular weight is 259 g/mol. The lowest BCUT2D eigenvalue weighted by Crippen LogP contribution is -2.25. The van der Waals surface area contributed by atoms with Gasteiger partial charge in [0.1, 0.15) is 0 Å². The first kappa shape index (κ1) is 12.4. The minimum atomic E-state index is -0.0263. The maximum Gasteiger partial charge on any atom is 0.231 e. The molecule has 0 saturated carbocycles. The normalized spacial score (nSPS) is 22.5. The summed E-state index contributed by atoms with van der Waals surface area (Å²) in [5, 5.41) is 0. The second-order valence-corrected chi connectivity index (χ2v) is 5.25. The average Bonchev–Trinajstić information content (AvgIpc) is 2.74. The van der Waals surface area contributed by atoms with Crippen molar-refractivity contribution < 1.29 is 14.3 Å². The number of hydrogen-bond acceptors (Lipinski definition) is 3. The number of nitrogens with zero attached hydrogens (tertiary/aromatic N) is 1. The first-order valence-corrected chi connectivity index (χ1v) is 6.68. The minimum absolute atomic E-state index is 0.0263. The summed E-state index contributed by atoms with van der Waals surface area (Å²) in [5.74, 6) is 0.201. The lowest BCUT2D eigenvalue weighted by Gasteiger charge is -2.21. The van der Waals surface area contributed by atoms with Crippen molar-refractivity contribution in [3.63, 3.8) is 0 Å². The molecule has 3 rings (SSSR count). The molecule has 0 spiro atoms. The summed E-state index contributed by atoms with van der Waals surface area (Å²) in [4.78, 5) is 25.7. The first-order valence-electron chi connectivity index (χ1n) is 6.68. The molecule has 100 valence electrons. The molecule has 1 aromatic rings. The molecule has 1 amide bonds. The van der Waals surface area contributed by atoms with Crippen molar-refractivity contribution in [1.29, 1.82) is 0 Å². The van der Waals surface area contributed by atoms with Crippen molar-refractivity contribution in [2.45, 2.75) is 19.3 Å². The molecule has 1 unspecified atom stereocenters. The van der Waals surface area contributed by atoms with E-state index in [0.29, 0.717) is 18.6 Å². The van der Waals surface area contributed by atoms with Gasteiger partial charge < -0.3 is 9.64 Å². The zero-order valence-corrected chi connectivity index (χ0v) is 11.0. The van der Waals surface area contributed by atoms with Gasteiger partial charge in [0, 0.05) is 30.8 Å². The Labute approximate surface area is 112 Å². The van der Waals surface area contributed by atoms with Crippen LogP contribution in [0, 0.1) is 5.92 Å². The van der Waals surface area contributed by atoms with Crippen LogP contribution in [-0.4, -0.2) is 32.0 Å². The summed E-state index contributed by atoms with van der Waals surface area (Å²) in [6.45, 7) is 1.28. The monoisotopic (exact) mass is 259 g/mol. The van der Waals surface area contributed by atoms with Gasteiger partial charge in [0.2, 0.25) is 5.91 Å². The number of Topliss-reactive ketones (excluding diaryl/α,β-unsaturated/α-hetero) is 1. The Kier molecular flexibility index (Phi) is 3.11. The molecule has 19 heavy (non-hydrogen) atoms. The fraction of sp³-hybridized carbons (Fsp3) is 0.467. The summed E-state index contributed by atoms with van der Waals surface area (Å²) < 4.78 is 5.37. The molecule has 1 aromatic carbocycles. The quantitative estimate of drug-likeness (QED) is 0.761. The van der Waals surface area contributed by atoms with Gasteiger partial charge in [-0.1, -0.05) is 0 Å². The molecular formula is C15H17NO3. The Bertz CT molecular complexity index is 532. The van der Waals surface area contributed by atoms with Crippen LogP contribution in [0.15, 0.2) is 18.2 Å². The zero-order chi connectivity index (χ0) is 13.4. The van der Waals surface area contributed by atoms with Crippen molar-refractivity contribution in [3.05, 3.63) is 29.3 Å². The van der Waals surface area contributed by atoms with Gasteiger partial charge in [-0.2, -0.15) is 0 Å². The highest BCUT2D eigenvalue weighted by molar-refractivity contribution is 6.03. The number of carbonyl (C=O) groups excluding carboxylic acids is 2. The lowest BCUT2D eigenvalue weighted by atomic mass is 9.91. The Morgan fingerprint density at radius 3 is 3.00 bits per heavy atom. The zero-order valence-electron chi connectivity index (χ0n) is 11.0. The van der Waals surface area contributed by atoms with E-state index in [1.54, 1.807) is 11.9 Å². The molecule has 2 heterocycles. The van der Waals surface area contributed by atoms with Gasteiger partial charge in [0.15, 0.2) is 5.78 Å². The van der Waals surface area contributed by atoms with Gasteiger partial charge >= 0.3 is 0 Å². The Morgan fingerprint density at radius 1 is 1.42 bits per heavy atom. The number of carbonyl (C=O) groups is 2. The van der Waals surface area contributed by atoms with Gasteiger partial charge in [-0.15, -0.1) is 0 Å². The molecule has 1 fully saturated rings. The van der Waals surface area contributed by atoms with Gasteiger partial charge in [-0.3, -0.25) is 9.59 Å². The van der Waals surface area contributed by atoms with E-state index in [4.69, 9.17) is 4.74 Å². The molecule has 4 nitrogen and oxygen atoms in total. The second kappa shape index (κ2) is 4.78. The van der Waals surface area contributed by atoms with E-state index in [1.807, 2.05) is 18.2 Å². The summed E-state index contributed by atoms with van der Waals surface area (Å²) in [6, 6.07) is 5.57. The number of fused-ring (bicyclic) bond motifs is 1. The van der Waals surface area contributed by atoms with Gasteiger partial charge in [-0.05, 0) is 36.6 Å². The second-order valence-electron chi connectivity index (χ2n) is 5.25. The number of amides is 1. The Balaban J connectivity index is 1.85. The fourth-order valence-electron chi connectivity index (χ4n) is 2.81. The van der Waals surface area contributed by atoms with Gasteiger partial charge in [0.05, 0.1) is 13.0 Å². The molecule has 1 saturated heterocycles. The summed E-state index contributed by atoms with van der Waals surface area (Å²) in [7, 11) is 1.77. The van der Waals surface area contributed by atoms with Crippen LogP contribution in [-0.2, 0) is 16.0 Å². The Morgan fingerprint density at radius 2 is 2.26 bits per heavy atom. The van der Waals surface area contributed by atoms with Crippen LogP contribution in [0.1, 0.15) is 28.8 Å². The first-order chi connectivity index (χ1) is 9.16. The topological polar surface area (TPSA) is 46.6 Å². The largest absolute Gasteiger partial charge is 0.381 e. The maximum atomic E-state index is 12.4. The summed E-state index contributed by atoms with van der Waals surface area (Å²) in [5.41, 5.74) is 2.58. The molecular weight excluding hydrogens is 242 g/mol. The van der Waals surface area contributed by atoms with E-state index in [1.165, 1.54) is 0 Å². The third kappa shape index (κ3) is 2.16. The van der Waals surface area contributed by atoms with Crippen LogP contribution < -0.4 is 4.90 Å². The van der Waals surface area contributed by atoms with Crippen LogP contribution in [0.5, 0.6) is 0 Å². The molecule has 4 heteroatoms. The molecule has 0 aliphatic carbocycles. The van der Waals surface area contributed by atoms with Gasteiger partial charge in [0.25, 0.3) is 0 Å². The van der Waals surface area contributed by atoms with E-state index in [2.05, 4.69) is 0 Å². The Hall–Kier alpha value is -1.68. The van der Waals surface area contributed by atoms with Crippen LogP contribution in [0.3, 0.4) is 0 Å². The number of likely N-dealkylation sites (N-methyl/N-ethyl adjacent to an activating group) is 1. The number of ether oxygens (including phenoxy) is 1. The fourth-order valence-corrected chi connectivity index (χ4v) is 2.81. The minimum Gasteiger partial charge on any atom is -0.381 e. The highest BCUT2D eigenvalue weighted by Gasteiger charge is 2.27. The molecule has 0 bridgehead atoms. The number of rotatable bonds is 2. The van der Waals surface area contributed by atoms with E-state index in [-0.39, 0.29) is 17.6 Å². The van der Waals surface area contributed by atoms with E-state index >= 15 is 0 Å². The summed E-state index contributed by atoms with van der Waals surface area (Å²) in [6.07, 6.45) is 2.24. The van der Waals surface area contributed by atoms with E-state index in [9.17, 15) is 9.59 Å². The van der Waals surface area contributed by atoms with Crippen LogP contribution in [0.2, 0.25) is 0 Å². The third-order valence-corrected chi connectivity index (χ3v) is 3.97. The number of hydrogen-bond donors (Lipinski definition) is 0. The van der Waals surface area contributed by atoms with Crippen LogP contribution >= 0.6 is 0 Å². The number of anilines is 1. The molecule has 1 atom stereocenters. The van der Waals surface area contributed by atoms with Crippen molar-refractivity contribution in [1.82, 2.24) is 0 Å². The smallest absolute Gasteiger partial charge is 0.231 e. The summed E-state index contributed by atoms with van der Waals surface area (Å²) >= 11 is 0. The van der Waals surface area contributed by atoms with Crippen molar-refractivity contribution in [3.8, 4) is 0 Å². The maximum absolute atomic E-state index is 12.4. The molecule has 0 aromatic heterocycles. The molecule has 2 aliphatic heterocycles. The predicted octanol–water partition coefficient (Wildman–Crippen LogP) is 1.81. The van der Waals surface area contributed by atoms with Crippen molar-refractivity contribution in [2.24, 2.45) is 5.92 Å². The van der Waals surface area contributed by atoms with Crippen LogP contribution in [0.25, 0.3) is 0 Å². The number of benzene rings is 1. The highest BCUT2D eigenvalue weighted by atomic mass is 16.5. The highest BCUT2D eigenvalue weighted by Crippen LogP contribution is 2.29. The predicted molar refractivity (Wildman–Crippen MR) is 71.4 cm³/mol. The number of ketones is 1. The third-order valence-electron chi connectivity index (χ3n) is 3.97.